The fourth-order valence-electron chi connectivity index (χ4n) is 2.04. The van der Waals surface area contributed by atoms with Gasteiger partial charge in [-0.25, -0.2) is 4.79 Å². The Hall–Kier alpha value is -3.10. The van der Waals surface area contributed by atoms with Gasteiger partial charge in [0.05, 0.1) is 11.5 Å². The minimum atomic E-state index is -0.973. The molecule has 1 aromatic heterocycles. The molecule has 1 heterocycles. The fourth-order valence-corrected chi connectivity index (χ4v) is 2.04. The molecular formula is C14H16N4O5. The van der Waals surface area contributed by atoms with Crippen LogP contribution in [0.15, 0.2) is 33.9 Å². The third kappa shape index (κ3) is 3.39. The Kier molecular flexibility index (Phi) is 4.79. The summed E-state index contributed by atoms with van der Waals surface area (Å²) in [6.45, 7) is 2.47. The number of H-pyrrole nitrogens is 1. The second-order valence-electron chi connectivity index (χ2n) is 4.67. The van der Waals surface area contributed by atoms with Crippen LogP contribution in [0.25, 0.3) is 0 Å². The van der Waals surface area contributed by atoms with Crippen LogP contribution in [0.5, 0.6) is 5.75 Å². The predicted octanol–water partition coefficient (Wildman–Crippen LogP) is 0.993. The first kappa shape index (κ1) is 16.3. The van der Waals surface area contributed by atoms with Crippen molar-refractivity contribution in [3.05, 3.63) is 60.8 Å². The second-order valence-corrected chi connectivity index (χ2v) is 4.67. The summed E-state index contributed by atoms with van der Waals surface area (Å²) >= 11 is 0. The molecule has 0 radical (unpaired) electrons. The van der Waals surface area contributed by atoms with Crippen molar-refractivity contribution in [3.63, 3.8) is 0 Å². The first-order valence-corrected chi connectivity index (χ1v) is 6.88. The van der Waals surface area contributed by atoms with Crippen molar-refractivity contribution >= 4 is 11.5 Å². The SMILES string of the molecule is CCOc1ccccc1CNc1[nH]c(=O)n(C)c(=O)c1[N+](=O)[O-]. The van der Waals surface area contributed by atoms with Crippen molar-refractivity contribution < 1.29 is 9.66 Å². The summed E-state index contributed by atoms with van der Waals surface area (Å²) in [5, 5.41) is 13.8. The first-order chi connectivity index (χ1) is 11.0. The van der Waals surface area contributed by atoms with Crippen molar-refractivity contribution in [1.82, 2.24) is 9.55 Å². The lowest BCUT2D eigenvalue weighted by molar-refractivity contribution is -0.385. The number of aromatic amines is 1. The Morgan fingerprint density at radius 2 is 2.04 bits per heavy atom. The second kappa shape index (κ2) is 6.77. The Morgan fingerprint density at radius 1 is 1.35 bits per heavy atom. The van der Waals surface area contributed by atoms with Crippen LogP contribution in [-0.4, -0.2) is 21.1 Å². The number of para-hydroxylation sites is 1. The van der Waals surface area contributed by atoms with Crippen LogP contribution in [0.3, 0.4) is 0 Å². The molecule has 0 aliphatic rings. The highest BCUT2D eigenvalue weighted by Gasteiger charge is 2.23. The lowest BCUT2D eigenvalue weighted by Crippen LogP contribution is -2.35. The van der Waals surface area contributed by atoms with E-state index in [9.17, 15) is 19.7 Å². The van der Waals surface area contributed by atoms with Gasteiger partial charge in [-0.3, -0.25) is 24.5 Å². The summed E-state index contributed by atoms with van der Waals surface area (Å²) in [4.78, 5) is 36.1. The molecule has 0 fully saturated rings. The predicted molar refractivity (Wildman–Crippen MR) is 83.9 cm³/mol. The van der Waals surface area contributed by atoms with Crippen LogP contribution < -0.4 is 21.3 Å². The maximum absolute atomic E-state index is 11.9. The molecule has 2 rings (SSSR count). The van der Waals surface area contributed by atoms with Crippen LogP contribution >= 0.6 is 0 Å². The molecule has 2 aromatic rings. The van der Waals surface area contributed by atoms with E-state index in [1.54, 1.807) is 24.3 Å². The van der Waals surface area contributed by atoms with E-state index in [0.29, 0.717) is 16.9 Å². The van der Waals surface area contributed by atoms with Gasteiger partial charge in [0, 0.05) is 19.2 Å². The van der Waals surface area contributed by atoms with Gasteiger partial charge in [-0.1, -0.05) is 18.2 Å². The van der Waals surface area contributed by atoms with Crippen LogP contribution in [0.2, 0.25) is 0 Å². The van der Waals surface area contributed by atoms with E-state index in [1.807, 2.05) is 6.92 Å². The Labute approximate surface area is 130 Å². The van der Waals surface area contributed by atoms with Gasteiger partial charge in [0.2, 0.25) is 0 Å². The standard InChI is InChI=1S/C14H16N4O5/c1-3-23-10-7-5-4-6-9(10)8-15-12-11(18(21)22)13(19)17(2)14(20)16-12/h4-7,15H,3,8H2,1-2H3,(H,16,20). The molecule has 0 atom stereocenters. The number of nitro groups is 1. The molecule has 0 saturated heterocycles. The maximum Gasteiger partial charge on any atom is 0.374 e. The molecule has 0 spiro atoms. The third-order valence-corrected chi connectivity index (χ3v) is 3.19. The molecule has 0 unspecified atom stereocenters. The smallest absolute Gasteiger partial charge is 0.374 e. The summed E-state index contributed by atoms with van der Waals surface area (Å²) in [6.07, 6.45) is 0. The molecular weight excluding hydrogens is 304 g/mol. The van der Waals surface area contributed by atoms with Crippen LogP contribution in [0.4, 0.5) is 11.5 Å². The molecule has 0 amide bonds. The number of hydrogen-bond acceptors (Lipinski definition) is 6. The number of nitrogens with zero attached hydrogens (tertiary/aromatic N) is 2. The highest BCUT2D eigenvalue weighted by atomic mass is 16.6. The minimum Gasteiger partial charge on any atom is -0.494 e. The van der Waals surface area contributed by atoms with Crippen molar-refractivity contribution in [2.24, 2.45) is 7.05 Å². The van der Waals surface area contributed by atoms with E-state index >= 15 is 0 Å². The summed E-state index contributed by atoms with van der Waals surface area (Å²) in [6, 6.07) is 7.14. The molecule has 2 N–H and O–H groups in total. The summed E-state index contributed by atoms with van der Waals surface area (Å²) in [5.74, 6) is 0.394. The maximum atomic E-state index is 11.9. The zero-order chi connectivity index (χ0) is 17.0. The van der Waals surface area contributed by atoms with E-state index in [-0.39, 0.29) is 12.4 Å². The minimum absolute atomic E-state index is 0.153. The van der Waals surface area contributed by atoms with E-state index in [1.165, 1.54) is 7.05 Å². The summed E-state index contributed by atoms with van der Waals surface area (Å²) in [7, 11) is 1.17. The van der Waals surface area contributed by atoms with Crippen molar-refractivity contribution in [2.45, 2.75) is 13.5 Å². The van der Waals surface area contributed by atoms with Gasteiger partial charge in [0.1, 0.15) is 5.75 Å². The molecule has 0 aliphatic heterocycles. The highest BCUT2D eigenvalue weighted by Crippen LogP contribution is 2.21. The van der Waals surface area contributed by atoms with Crippen LogP contribution in [0.1, 0.15) is 12.5 Å². The molecule has 0 saturated carbocycles. The van der Waals surface area contributed by atoms with Crippen molar-refractivity contribution in [2.75, 3.05) is 11.9 Å². The zero-order valence-electron chi connectivity index (χ0n) is 12.7. The van der Waals surface area contributed by atoms with E-state index in [4.69, 9.17) is 4.74 Å². The number of anilines is 1. The van der Waals surface area contributed by atoms with Gasteiger partial charge in [-0.15, -0.1) is 0 Å². The van der Waals surface area contributed by atoms with Gasteiger partial charge in [0.25, 0.3) is 0 Å². The highest BCUT2D eigenvalue weighted by molar-refractivity contribution is 5.54. The van der Waals surface area contributed by atoms with Crippen molar-refractivity contribution in [1.29, 1.82) is 0 Å². The number of nitrogens with one attached hydrogen (secondary N) is 2. The Bertz CT molecular complexity index is 840. The lowest BCUT2D eigenvalue weighted by Gasteiger charge is -2.11. The Morgan fingerprint density at radius 3 is 2.70 bits per heavy atom. The van der Waals surface area contributed by atoms with Gasteiger partial charge < -0.3 is 10.1 Å². The molecule has 0 aliphatic carbocycles. The lowest BCUT2D eigenvalue weighted by atomic mass is 10.2. The van der Waals surface area contributed by atoms with Gasteiger partial charge in [0.15, 0.2) is 5.82 Å². The number of benzene rings is 1. The van der Waals surface area contributed by atoms with Crippen LogP contribution in [0, 0.1) is 10.1 Å². The van der Waals surface area contributed by atoms with Crippen LogP contribution in [-0.2, 0) is 13.6 Å². The summed E-state index contributed by atoms with van der Waals surface area (Å²) in [5.41, 5.74) is -1.67. The molecule has 9 nitrogen and oxygen atoms in total. The molecule has 122 valence electrons. The van der Waals surface area contributed by atoms with E-state index < -0.39 is 21.9 Å². The molecule has 0 bridgehead atoms. The zero-order valence-corrected chi connectivity index (χ0v) is 12.7. The van der Waals surface area contributed by atoms with Gasteiger partial charge in [-0.05, 0) is 13.0 Å². The van der Waals surface area contributed by atoms with Crippen molar-refractivity contribution in [3.8, 4) is 5.75 Å². The third-order valence-electron chi connectivity index (χ3n) is 3.19. The summed E-state index contributed by atoms with van der Waals surface area (Å²) < 4.78 is 6.11. The first-order valence-electron chi connectivity index (χ1n) is 6.88. The fraction of sp³-hybridized carbons (Fsp3) is 0.286. The molecule has 1 aromatic carbocycles. The number of rotatable bonds is 6. The van der Waals surface area contributed by atoms with Gasteiger partial charge in [-0.2, -0.15) is 0 Å². The topological polar surface area (TPSA) is 119 Å². The monoisotopic (exact) mass is 320 g/mol. The average Bonchev–Trinajstić information content (AvgIpc) is 2.51. The van der Waals surface area contributed by atoms with Gasteiger partial charge >= 0.3 is 16.9 Å². The molecule has 23 heavy (non-hydrogen) atoms. The number of ether oxygens (including phenoxy) is 1. The quantitative estimate of drug-likeness (QED) is 0.605. The van der Waals surface area contributed by atoms with E-state index in [0.717, 1.165) is 5.56 Å². The van der Waals surface area contributed by atoms with E-state index in [2.05, 4.69) is 10.3 Å². The largest absolute Gasteiger partial charge is 0.494 e. The molecule has 9 heteroatoms. The normalized spacial score (nSPS) is 10.3. The Balaban J connectivity index is 2.37. The number of hydrogen-bond donors (Lipinski definition) is 2. The average molecular weight is 320 g/mol. The number of aromatic nitrogens is 2.